The van der Waals surface area contributed by atoms with Gasteiger partial charge in [-0.15, -0.1) is 0 Å². The minimum atomic E-state index is 0.0554. The molecule has 0 aromatic carbocycles. The van der Waals surface area contributed by atoms with E-state index >= 15 is 0 Å². The summed E-state index contributed by atoms with van der Waals surface area (Å²) in [6, 6.07) is 0.880. The molecule has 2 aliphatic rings. The fourth-order valence-electron chi connectivity index (χ4n) is 1.97. The smallest absolute Gasteiger partial charge is 0.246 e. The number of hydrogen-bond acceptors (Lipinski definition) is 3. The predicted molar refractivity (Wildman–Crippen MR) is 49.8 cm³/mol. The van der Waals surface area contributed by atoms with E-state index in [2.05, 4.69) is 19.4 Å². The van der Waals surface area contributed by atoms with Gasteiger partial charge in [-0.1, -0.05) is 19.4 Å². The van der Waals surface area contributed by atoms with Crippen molar-refractivity contribution in [2.75, 3.05) is 13.1 Å². The van der Waals surface area contributed by atoms with Crippen LogP contribution >= 0.6 is 12.8 Å². The lowest BCUT2D eigenvalue weighted by Gasteiger charge is -2.45. The summed E-state index contributed by atoms with van der Waals surface area (Å²) in [5.74, 6) is 0.0554. The van der Waals surface area contributed by atoms with Crippen LogP contribution in [0.1, 0.15) is 6.42 Å². The van der Waals surface area contributed by atoms with Gasteiger partial charge in [-0.05, 0) is 12.5 Å². The molecule has 0 aromatic heterocycles. The van der Waals surface area contributed by atoms with E-state index in [9.17, 15) is 4.79 Å². The van der Waals surface area contributed by atoms with Gasteiger partial charge < -0.3 is 4.90 Å². The quantitative estimate of drug-likeness (QED) is 0.468. The fourth-order valence-corrected chi connectivity index (χ4v) is 2.31. The number of hydrogen-bond donors (Lipinski definition) is 1. The zero-order chi connectivity index (χ0) is 8.72. The highest BCUT2D eigenvalue weighted by Crippen LogP contribution is 2.33. The van der Waals surface area contributed by atoms with Crippen LogP contribution in [0.2, 0.25) is 0 Å². The summed E-state index contributed by atoms with van der Waals surface area (Å²) in [4.78, 5) is 13.1. The fraction of sp³-hybridized carbons (Fsp3) is 0.625. The molecule has 0 spiro atoms. The zero-order valence-corrected chi connectivity index (χ0v) is 7.70. The molecule has 0 saturated carbocycles. The van der Waals surface area contributed by atoms with Crippen LogP contribution in [0.5, 0.6) is 0 Å². The predicted octanol–water partition coefficient (Wildman–Crippen LogP) is 0.302. The molecule has 2 rings (SSSR count). The van der Waals surface area contributed by atoms with E-state index in [1.54, 1.807) is 0 Å². The van der Waals surface area contributed by atoms with Gasteiger partial charge in [-0.25, -0.2) is 4.31 Å². The Kier molecular flexibility index (Phi) is 1.88. The number of carbonyl (C=O) groups is 1. The van der Waals surface area contributed by atoms with Crippen molar-refractivity contribution in [1.29, 1.82) is 0 Å². The topological polar surface area (TPSA) is 23.6 Å². The van der Waals surface area contributed by atoms with Crippen LogP contribution in [0.3, 0.4) is 0 Å². The molecule has 2 fully saturated rings. The molecule has 0 radical (unpaired) electrons. The summed E-state index contributed by atoms with van der Waals surface area (Å²) in [7, 11) is 0. The van der Waals surface area contributed by atoms with Gasteiger partial charge in [-0.3, -0.25) is 4.79 Å². The Hall–Kier alpha value is -0.480. The Bertz CT molecular complexity index is 231. The SMILES string of the molecule is C=CC(=O)N1CC2C1CCN2S. The number of fused-ring (bicyclic) bond motifs is 1. The van der Waals surface area contributed by atoms with E-state index in [-0.39, 0.29) is 5.91 Å². The third-order valence-corrected chi connectivity index (χ3v) is 3.22. The number of amides is 1. The van der Waals surface area contributed by atoms with E-state index in [1.165, 1.54) is 6.08 Å². The van der Waals surface area contributed by atoms with Gasteiger partial charge in [0.2, 0.25) is 5.91 Å². The van der Waals surface area contributed by atoms with Crippen molar-refractivity contribution in [3.05, 3.63) is 12.7 Å². The van der Waals surface area contributed by atoms with Crippen molar-refractivity contribution in [3.63, 3.8) is 0 Å². The molecule has 12 heavy (non-hydrogen) atoms. The van der Waals surface area contributed by atoms with E-state index in [0.29, 0.717) is 12.1 Å². The third-order valence-electron chi connectivity index (χ3n) is 2.72. The summed E-state index contributed by atoms with van der Waals surface area (Å²) >= 11 is 4.31. The Morgan fingerprint density at radius 3 is 2.92 bits per heavy atom. The highest BCUT2D eigenvalue weighted by atomic mass is 32.1. The standard InChI is InChI=1S/C8H12N2OS/c1-2-8(11)9-5-7-6(9)3-4-10(7)12/h2,6-7,12H,1,3-5H2. The summed E-state index contributed by atoms with van der Waals surface area (Å²) in [6.45, 7) is 5.28. The molecular weight excluding hydrogens is 172 g/mol. The maximum absolute atomic E-state index is 11.2. The first-order valence-corrected chi connectivity index (χ1v) is 4.52. The highest BCUT2D eigenvalue weighted by Gasteiger charge is 2.47. The lowest BCUT2D eigenvalue weighted by Crippen LogP contribution is -2.61. The zero-order valence-electron chi connectivity index (χ0n) is 6.81. The number of likely N-dealkylation sites (tertiary alicyclic amines) is 1. The van der Waals surface area contributed by atoms with Crippen LogP contribution in [0, 0.1) is 0 Å². The Morgan fingerprint density at radius 2 is 2.33 bits per heavy atom. The molecule has 2 atom stereocenters. The molecule has 0 N–H and O–H groups in total. The van der Waals surface area contributed by atoms with Crippen molar-refractivity contribution in [2.24, 2.45) is 0 Å². The third kappa shape index (κ3) is 0.983. The second kappa shape index (κ2) is 2.78. The summed E-state index contributed by atoms with van der Waals surface area (Å²) in [5, 5.41) is 0. The summed E-state index contributed by atoms with van der Waals surface area (Å²) in [6.07, 6.45) is 2.44. The van der Waals surface area contributed by atoms with Gasteiger partial charge in [0.1, 0.15) is 0 Å². The molecular formula is C8H12N2OS. The van der Waals surface area contributed by atoms with Crippen molar-refractivity contribution in [2.45, 2.75) is 18.5 Å². The van der Waals surface area contributed by atoms with Crippen LogP contribution < -0.4 is 0 Å². The van der Waals surface area contributed by atoms with Crippen LogP contribution in [0.4, 0.5) is 0 Å². The van der Waals surface area contributed by atoms with Crippen LogP contribution in [0.15, 0.2) is 12.7 Å². The van der Waals surface area contributed by atoms with Crippen molar-refractivity contribution >= 4 is 18.7 Å². The second-order valence-corrected chi connectivity index (χ2v) is 3.79. The van der Waals surface area contributed by atoms with Crippen LogP contribution in [-0.2, 0) is 4.79 Å². The highest BCUT2D eigenvalue weighted by molar-refractivity contribution is 7.77. The normalized spacial score (nSPS) is 34.2. The van der Waals surface area contributed by atoms with E-state index < -0.39 is 0 Å². The molecule has 66 valence electrons. The van der Waals surface area contributed by atoms with Gasteiger partial charge >= 0.3 is 0 Å². The van der Waals surface area contributed by atoms with E-state index in [1.807, 2.05) is 9.21 Å². The number of thiol groups is 1. The lowest BCUT2D eigenvalue weighted by atomic mass is 9.98. The van der Waals surface area contributed by atoms with Crippen molar-refractivity contribution in [3.8, 4) is 0 Å². The van der Waals surface area contributed by atoms with E-state index in [4.69, 9.17) is 0 Å². The maximum Gasteiger partial charge on any atom is 0.246 e. The Balaban J connectivity index is 2.01. The molecule has 1 amide bonds. The molecule has 2 unspecified atom stereocenters. The molecule has 4 heteroatoms. The first kappa shape index (κ1) is 8.13. The summed E-state index contributed by atoms with van der Waals surface area (Å²) < 4.78 is 2.03. The van der Waals surface area contributed by atoms with Gasteiger partial charge in [0.15, 0.2) is 0 Å². The Morgan fingerprint density at radius 1 is 1.58 bits per heavy atom. The molecule has 0 bridgehead atoms. The minimum absolute atomic E-state index is 0.0554. The second-order valence-electron chi connectivity index (χ2n) is 3.28. The maximum atomic E-state index is 11.2. The van der Waals surface area contributed by atoms with Gasteiger partial charge in [0.25, 0.3) is 0 Å². The number of rotatable bonds is 1. The van der Waals surface area contributed by atoms with Crippen LogP contribution in [0.25, 0.3) is 0 Å². The average Bonchev–Trinajstić information content (AvgIpc) is 2.27. The largest absolute Gasteiger partial charge is 0.333 e. The molecule has 2 aliphatic heterocycles. The monoisotopic (exact) mass is 184 g/mol. The molecule has 0 aromatic rings. The molecule has 2 heterocycles. The van der Waals surface area contributed by atoms with Crippen molar-refractivity contribution < 1.29 is 4.79 Å². The van der Waals surface area contributed by atoms with Crippen molar-refractivity contribution in [1.82, 2.24) is 9.21 Å². The molecule has 2 saturated heterocycles. The molecule has 0 aliphatic carbocycles. The van der Waals surface area contributed by atoms with Crippen LogP contribution in [-0.4, -0.2) is 40.3 Å². The number of nitrogens with zero attached hydrogens (tertiary/aromatic N) is 2. The Labute approximate surface area is 77.6 Å². The first-order valence-electron chi connectivity index (χ1n) is 4.12. The number of carbonyl (C=O) groups excluding carboxylic acids is 1. The molecule has 3 nitrogen and oxygen atoms in total. The minimum Gasteiger partial charge on any atom is -0.333 e. The van der Waals surface area contributed by atoms with Gasteiger partial charge in [0.05, 0.1) is 12.1 Å². The summed E-state index contributed by atoms with van der Waals surface area (Å²) in [5.41, 5.74) is 0. The van der Waals surface area contributed by atoms with Gasteiger partial charge in [0, 0.05) is 13.1 Å². The van der Waals surface area contributed by atoms with E-state index in [0.717, 1.165) is 19.5 Å². The lowest BCUT2D eigenvalue weighted by molar-refractivity contribution is -0.135. The average molecular weight is 184 g/mol. The first-order chi connectivity index (χ1) is 5.74. The van der Waals surface area contributed by atoms with Gasteiger partial charge in [-0.2, -0.15) is 0 Å².